The molecule has 2 rings (SSSR count). The molecular formula is C12H20N2O3. The number of amides is 1. The lowest BCUT2D eigenvalue weighted by Gasteiger charge is -2.47. The molecule has 1 aliphatic carbocycles. The third-order valence-corrected chi connectivity index (χ3v) is 3.27. The molecule has 0 aromatic carbocycles. The molecule has 1 amide bonds. The predicted molar refractivity (Wildman–Crippen MR) is 62.8 cm³/mol. The monoisotopic (exact) mass is 240 g/mol. The molecule has 0 radical (unpaired) electrons. The smallest absolute Gasteiger partial charge is 0.410 e. The first-order valence-corrected chi connectivity index (χ1v) is 6.09. The molecule has 5 heteroatoms. The van der Waals surface area contributed by atoms with E-state index in [2.05, 4.69) is 5.32 Å². The standard InChI is InChI=1S/C12H20N2O3/c1-11(2,3)17-10(16)14-7-6-13-12(8-14)5-4-9(12)15/h13H,4-8H2,1-3H3. The van der Waals surface area contributed by atoms with Crippen LogP contribution >= 0.6 is 0 Å². The second-order valence-electron chi connectivity index (χ2n) is 5.83. The number of carbonyl (C=O) groups is 2. The summed E-state index contributed by atoms with van der Waals surface area (Å²) in [5.74, 6) is 0.214. The van der Waals surface area contributed by atoms with Gasteiger partial charge < -0.3 is 15.0 Å². The maximum Gasteiger partial charge on any atom is 0.410 e. The molecule has 0 aromatic rings. The van der Waals surface area contributed by atoms with Gasteiger partial charge in [-0.2, -0.15) is 0 Å². The highest BCUT2D eigenvalue weighted by Crippen LogP contribution is 2.31. The third-order valence-electron chi connectivity index (χ3n) is 3.27. The van der Waals surface area contributed by atoms with Gasteiger partial charge in [0.15, 0.2) is 5.78 Å². The van der Waals surface area contributed by atoms with Crippen molar-refractivity contribution in [3.8, 4) is 0 Å². The van der Waals surface area contributed by atoms with E-state index in [9.17, 15) is 9.59 Å². The summed E-state index contributed by atoms with van der Waals surface area (Å²) in [6.07, 6.45) is 1.12. The average Bonchev–Trinajstić information content (AvgIpc) is 2.25. The lowest BCUT2D eigenvalue weighted by molar-refractivity contribution is -0.135. The molecule has 1 N–H and O–H groups in total. The summed E-state index contributed by atoms with van der Waals surface area (Å²) in [6, 6.07) is 0. The van der Waals surface area contributed by atoms with Crippen LogP contribution in [0, 0.1) is 0 Å². The summed E-state index contributed by atoms with van der Waals surface area (Å²) >= 11 is 0. The number of hydrogen-bond acceptors (Lipinski definition) is 4. The number of hydrogen-bond donors (Lipinski definition) is 1. The molecular weight excluding hydrogens is 220 g/mol. The Balaban J connectivity index is 1.98. The SMILES string of the molecule is CC(C)(C)OC(=O)N1CCNC2(CCC2=O)C1. The minimum atomic E-state index is -0.487. The van der Waals surface area contributed by atoms with Crippen LogP contribution in [0.1, 0.15) is 33.6 Å². The normalized spacial score (nSPS) is 29.1. The Morgan fingerprint density at radius 1 is 1.47 bits per heavy atom. The number of carbonyl (C=O) groups excluding carboxylic acids is 2. The van der Waals surface area contributed by atoms with Crippen molar-refractivity contribution in [1.82, 2.24) is 10.2 Å². The van der Waals surface area contributed by atoms with E-state index in [0.29, 0.717) is 26.1 Å². The Morgan fingerprint density at radius 3 is 2.65 bits per heavy atom. The fourth-order valence-corrected chi connectivity index (χ4v) is 2.26. The molecule has 17 heavy (non-hydrogen) atoms. The van der Waals surface area contributed by atoms with Crippen LogP contribution in [0.5, 0.6) is 0 Å². The molecule has 1 atom stereocenters. The molecule has 96 valence electrons. The number of piperazine rings is 1. The van der Waals surface area contributed by atoms with E-state index in [1.165, 1.54) is 0 Å². The molecule has 1 saturated carbocycles. The van der Waals surface area contributed by atoms with E-state index >= 15 is 0 Å². The van der Waals surface area contributed by atoms with Gasteiger partial charge in [-0.05, 0) is 27.2 Å². The van der Waals surface area contributed by atoms with Gasteiger partial charge in [0, 0.05) is 26.1 Å². The molecule has 2 aliphatic rings. The summed E-state index contributed by atoms with van der Waals surface area (Å²) in [5.41, 5.74) is -0.964. The fraction of sp³-hybridized carbons (Fsp3) is 0.833. The molecule has 1 aliphatic heterocycles. The number of nitrogens with zero attached hydrogens (tertiary/aromatic N) is 1. The number of ether oxygens (including phenoxy) is 1. The Morgan fingerprint density at radius 2 is 2.18 bits per heavy atom. The van der Waals surface area contributed by atoms with E-state index in [1.54, 1.807) is 4.90 Å². The Hall–Kier alpha value is -1.10. The van der Waals surface area contributed by atoms with Crippen LogP contribution in [0.15, 0.2) is 0 Å². The van der Waals surface area contributed by atoms with E-state index in [-0.39, 0.29) is 11.9 Å². The molecule has 0 aromatic heterocycles. The molecule has 1 heterocycles. The quantitative estimate of drug-likeness (QED) is 0.684. The van der Waals surface area contributed by atoms with Crippen LogP contribution in [-0.4, -0.2) is 47.6 Å². The number of nitrogens with one attached hydrogen (secondary N) is 1. The second kappa shape index (κ2) is 3.98. The van der Waals surface area contributed by atoms with Crippen molar-refractivity contribution in [2.24, 2.45) is 0 Å². The highest BCUT2D eigenvalue weighted by molar-refractivity contribution is 5.95. The Bertz CT molecular complexity index is 348. The zero-order chi connectivity index (χ0) is 12.7. The molecule has 1 saturated heterocycles. The summed E-state index contributed by atoms with van der Waals surface area (Å²) < 4.78 is 5.32. The highest BCUT2D eigenvalue weighted by Gasteiger charge is 2.49. The van der Waals surface area contributed by atoms with Gasteiger partial charge in [0.25, 0.3) is 0 Å². The minimum absolute atomic E-state index is 0.214. The summed E-state index contributed by atoms with van der Waals surface area (Å²) in [7, 11) is 0. The van der Waals surface area contributed by atoms with Gasteiger partial charge in [-0.3, -0.25) is 4.79 Å². The van der Waals surface area contributed by atoms with Crippen molar-refractivity contribution >= 4 is 11.9 Å². The van der Waals surface area contributed by atoms with Gasteiger partial charge in [-0.1, -0.05) is 0 Å². The number of ketones is 1. The average molecular weight is 240 g/mol. The number of rotatable bonds is 0. The van der Waals surface area contributed by atoms with E-state index in [0.717, 1.165) is 6.42 Å². The van der Waals surface area contributed by atoms with Crippen molar-refractivity contribution in [3.05, 3.63) is 0 Å². The van der Waals surface area contributed by atoms with Gasteiger partial charge in [0.2, 0.25) is 0 Å². The van der Waals surface area contributed by atoms with Crippen molar-refractivity contribution in [1.29, 1.82) is 0 Å². The maximum absolute atomic E-state index is 11.9. The van der Waals surface area contributed by atoms with E-state index < -0.39 is 11.1 Å². The second-order valence-corrected chi connectivity index (χ2v) is 5.83. The first-order valence-electron chi connectivity index (χ1n) is 6.09. The Kier molecular flexibility index (Phi) is 2.89. The van der Waals surface area contributed by atoms with Gasteiger partial charge in [0.05, 0.1) is 5.54 Å². The summed E-state index contributed by atoms with van der Waals surface area (Å²) in [5, 5.41) is 3.23. The minimum Gasteiger partial charge on any atom is -0.444 e. The maximum atomic E-state index is 11.9. The summed E-state index contributed by atoms with van der Waals surface area (Å²) in [4.78, 5) is 25.2. The first-order chi connectivity index (χ1) is 7.82. The molecule has 1 spiro atoms. The van der Waals surface area contributed by atoms with Gasteiger partial charge in [-0.25, -0.2) is 4.79 Å². The van der Waals surface area contributed by atoms with Gasteiger partial charge >= 0.3 is 6.09 Å². The first kappa shape index (κ1) is 12.4. The third kappa shape index (κ3) is 2.44. The lowest BCUT2D eigenvalue weighted by atomic mass is 9.74. The molecule has 5 nitrogen and oxygen atoms in total. The molecule has 2 fully saturated rings. The zero-order valence-corrected chi connectivity index (χ0v) is 10.7. The van der Waals surface area contributed by atoms with Crippen LogP contribution < -0.4 is 5.32 Å². The fourth-order valence-electron chi connectivity index (χ4n) is 2.26. The van der Waals surface area contributed by atoms with Crippen LogP contribution in [0.2, 0.25) is 0 Å². The van der Waals surface area contributed by atoms with Crippen LogP contribution in [-0.2, 0) is 9.53 Å². The topological polar surface area (TPSA) is 58.6 Å². The largest absolute Gasteiger partial charge is 0.444 e. The van der Waals surface area contributed by atoms with Gasteiger partial charge in [0.1, 0.15) is 5.60 Å². The van der Waals surface area contributed by atoms with E-state index in [1.807, 2.05) is 20.8 Å². The predicted octanol–water partition coefficient (Wildman–Crippen LogP) is 0.928. The highest BCUT2D eigenvalue weighted by atomic mass is 16.6. The van der Waals surface area contributed by atoms with Gasteiger partial charge in [-0.15, -0.1) is 0 Å². The Labute approximate surface area is 101 Å². The van der Waals surface area contributed by atoms with Crippen molar-refractivity contribution in [2.45, 2.75) is 44.8 Å². The van der Waals surface area contributed by atoms with Crippen LogP contribution in [0.4, 0.5) is 4.79 Å². The van der Waals surface area contributed by atoms with Crippen molar-refractivity contribution in [3.63, 3.8) is 0 Å². The number of Topliss-reactive ketones (excluding diaryl/α,β-unsaturated/α-hetero) is 1. The van der Waals surface area contributed by atoms with Crippen molar-refractivity contribution < 1.29 is 14.3 Å². The molecule has 1 unspecified atom stereocenters. The lowest BCUT2D eigenvalue weighted by Crippen LogP contribution is -2.70. The summed E-state index contributed by atoms with van der Waals surface area (Å²) in [6.45, 7) is 7.24. The molecule has 0 bridgehead atoms. The van der Waals surface area contributed by atoms with E-state index in [4.69, 9.17) is 4.74 Å². The van der Waals surface area contributed by atoms with Crippen LogP contribution in [0.25, 0.3) is 0 Å². The van der Waals surface area contributed by atoms with Crippen LogP contribution in [0.3, 0.4) is 0 Å². The zero-order valence-electron chi connectivity index (χ0n) is 10.7. The van der Waals surface area contributed by atoms with Crippen molar-refractivity contribution in [2.75, 3.05) is 19.6 Å².